The van der Waals surface area contributed by atoms with Gasteiger partial charge in [-0.2, -0.15) is 0 Å². The summed E-state index contributed by atoms with van der Waals surface area (Å²) in [6.07, 6.45) is 0.882. The standard InChI is InChI=1S/C18H22BrN3O2/c1-4-10-21-22-13(3)15(12(2)16(19)18(22)24)17(23)20-11-14-8-6-5-7-9-14/h5-9,21H,4,10-11H2,1-3H3,(H,20,23). The largest absolute Gasteiger partial charge is 0.348 e. The highest BCUT2D eigenvalue weighted by atomic mass is 79.9. The number of halogens is 1. The first-order valence-corrected chi connectivity index (χ1v) is 8.74. The molecule has 2 N–H and O–H groups in total. The highest BCUT2D eigenvalue weighted by Gasteiger charge is 2.20. The van der Waals surface area contributed by atoms with Crippen LogP contribution in [0.4, 0.5) is 0 Å². The second-order valence-electron chi connectivity index (χ2n) is 5.62. The van der Waals surface area contributed by atoms with Gasteiger partial charge in [0.1, 0.15) is 0 Å². The lowest BCUT2D eigenvalue weighted by Crippen LogP contribution is -2.36. The molecule has 0 fully saturated rings. The normalized spacial score (nSPS) is 10.5. The molecular formula is C18H22BrN3O2. The van der Waals surface area contributed by atoms with Crippen molar-refractivity contribution >= 4 is 21.8 Å². The van der Waals surface area contributed by atoms with Crippen molar-refractivity contribution in [1.82, 2.24) is 9.99 Å². The summed E-state index contributed by atoms with van der Waals surface area (Å²) in [7, 11) is 0. The molecule has 0 saturated carbocycles. The Labute approximate surface area is 150 Å². The first-order valence-electron chi connectivity index (χ1n) is 7.95. The minimum Gasteiger partial charge on any atom is -0.348 e. The molecule has 0 atom stereocenters. The Kier molecular flexibility index (Phi) is 6.20. The molecule has 0 aliphatic heterocycles. The molecule has 1 aromatic heterocycles. The van der Waals surface area contributed by atoms with Crippen molar-refractivity contribution in [2.45, 2.75) is 33.7 Å². The Balaban J connectivity index is 2.32. The average molecular weight is 392 g/mol. The SMILES string of the molecule is CCCNn1c(C)c(C(=O)NCc2ccccc2)c(C)c(Br)c1=O. The zero-order valence-electron chi connectivity index (χ0n) is 14.1. The average Bonchev–Trinajstić information content (AvgIpc) is 2.59. The van der Waals surface area contributed by atoms with Crippen LogP contribution >= 0.6 is 15.9 Å². The molecule has 24 heavy (non-hydrogen) atoms. The molecule has 5 nitrogen and oxygen atoms in total. The van der Waals surface area contributed by atoms with Gasteiger partial charge in [0.25, 0.3) is 11.5 Å². The van der Waals surface area contributed by atoms with Crippen LogP contribution in [0.1, 0.15) is 40.5 Å². The highest BCUT2D eigenvalue weighted by molar-refractivity contribution is 9.10. The molecule has 0 aliphatic carbocycles. The molecule has 1 heterocycles. The molecule has 2 aromatic rings. The molecular weight excluding hydrogens is 370 g/mol. The highest BCUT2D eigenvalue weighted by Crippen LogP contribution is 2.19. The van der Waals surface area contributed by atoms with Crippen LogP contribution in [0.3, 0.4) is 0 Å². The first-order chi connectivity index (χ1) is 11.5. The van der Waals surface area contributed by atoms with E-state index < -0.39 is 0 Å². The van der Waals surface area contributed by atoms with E-state index in [2.05, 4.69) is 26.7 Å². The number of amides is 1. The zero-order valence-corrected chi connectivity index (χ0v) is 15.7. The number of aromatic nitrogens is 1. The van der Waals surface area contributed by atoms with Crippen LogP contribution in [0.25, 0.3) is 0 Å². The van der Waals surface area contributed by atoms with Gasteiger partial charge in [-0.15, -0.1) is 0 Å². The van der Waals surface area contributed by atoms with Crippen molar-refractivity contribution in [3.8, 4) is 0 Å². The van der Waals surface area contributed by atoms with E-state index >= 15 is 0 Å². The van der Waals surface area contributed by atoms with Gasteiger partial charge in [-0.25, -0.2) is 4.68 Å². The molecule has 128 valence electrons. The summed E-state index contributed by atoms with van der Waals surface area (Å²) in [5.74, 6) is -0.193. The quantitative estimate of drug-likeness (QED) is 0.794. The Bertz CT molecular complexity index is 785. The molecule has 6 heteroatoms. The second kappa shape index (κ2) is 8.15. The Hall–Kier alpha value is -2.08. The number of carbonyl (C=O) groups is 1. The first kappa shape index (κ1) is 18.3. The summed E-state index contributed by atoms with van der Waals surface area (Å²) in [5.41, 5.74) is 5.68. The van der Waals surface area contributed by atoms with E-state index in [9.17, 15) is 9.59 Å². The third-order valence-corrected chi connectivity index (χ3v) is 4.77. The fraction of sp³-hybridized carbons (Fsp3) is 0.333. The van der Waals surface area contributed by atoms with Crippen molar-refractivity contribution in [3.05, 3.63) is 67.5 Å². The number of hydrogen-bond donors (Lipinski definition) is 2. The minimum atomic E-state index is -0.193. The third kappa shape index (κ3) is 3.87. The van der Waals surface area contributed by atoms with Crippen molar-refractivity contribution in [2.24, 2.45) is 0 Å². The van der Waals surface area contributed by atoms with E-state index in [-0.39, 0.29) is 11.5 Å². The summed E-state index contributed by atoms with van der Waals surface area (Å²) in [5, 5.41) is 2.92. The summed E-state index contributed by atoms with van der Waals surface area (Å²) < 4.78 is 1.85. The van der Waals surface area contributed by atoms with Crippen LogP contribution in [0.15, 0.2) is 39.6 Å². The van der Waals surface area contributed by atoms with E-state index in [4.69, 9.17) is 0 Å². The van der Waals surface area contributed by atoms with E-state index in [1.165, 1.54) is 4.68 Å². The lowest BCUT2D eigenvalue weighted by Gasteiger charge is -2.18. The monoisotopic (exact) mass is 391 g/mol. The van der Waals surface area contributed by atoms with Gasteiger partial charge in [0.2, 0.25) is 0 Å². The van der Waals surface area contributed by atoms with Crippen LogP contribution in [-0.2, 0) is 6.54 Å². The van der Waals surface area contributed by atoms with Crippen LogP contribution < -0.4 is 16.3 Å². The minimum absolute atomic E-state index is 0.182. The smallest absolute Gasteiger partial charge is 0.283 e. The summed E-state index contributed by atoms with van der Waals surface area (Å²) in [6, 6.07) is 9.72. The molecule has 0 radical (unpaired) electrons. The molecule has 0 unspecified atom stereocenters. The number of benzene rings is 1. The number of pyridine rings is 1. The van der Waals surface area contributed by atoms with Gasteiger partial charge >= 0.3 is 0 Å². The molecule has 0 aliphatic rings. The lowest BCUT2D eigenvalue weighted by molar-refractivity contribution is 0.0948. The fourth-order valence-electron chi connectivity index (χ4n) is 2.52. The predicted molar refractivity (Wildman–Crippen MR) is 100 cm³/mol. The molecule has 0 saturated heterocycles. The maximum atomic E-state index is 12.7. The van der Waals surface area contributed by atoms with Crippen molar-refractivity contribution < 1.29 is 4.79 Å². The van der Waals surface area contributed by atoms with Crippen molar-refractivity contribution in [3.63, 3.8) is 0 Å². The number of rotatable bonds is 6. The van der Waals surface area contributed by atoms with Gasteiger partial charge in [-0.3, -0.25) is 9.59 Å². The molecule has 1 aromatic carbocycles. The van der Waals surface area contributed by atoms with E-state index in [1.807, 2.05) is 37.3 Å². The van der Waals surface area contributed by atoms with E-state index in [0.29, 0.717) is 34.4 Å². The van der Waals surface area contributed by atoms with Crippen LogP contribution in [0, 0.1) is 13.8 Å². The molecule has 0 bridgehead atoms. The van der Waals surface area contributed by atoms with Gasteiger partial charge in [-0.05, 0) is 47.3 Å². The zero-order chi connectivity index (χ0) is 17.7. The van der Waals surface area contributed by atoms with Gasteiger partial charge in [-0.1, -0.05) is 37.3 Å². The summed E-state index contributed by atoms with van der Waals surface area (Å²) in [4.78, 5) is 25.1. The van der Waals surface area contributed by atoms with Gasteiger partial charge in [0.15, 0.2) is 0 Å². The summed E-state index contributed by atoms with van der Waals surface area (Å²) >= 11 is 3.32. The van der Waals surface area contributed by atoms with Gasteiger partial charge in [0, 0.05) is 13.1 Å². The second-order valence-corrected chi connectivity index (χ2v) is 6.41. The van der Waals surface area contributed by atoms with E-state index in [1.54, 1.807) is 13.8 Å². The van der Waals surface area contributed by atoms with E-state index in [0.717, 1.165) is 12.0 Å². The van der Waals surface area contributed by atoms with Gasteiger partial charge < -0.3 is 10.7 Å². The number of nitrogens with zero attached hydrogens (tertiary/aromatic N) is 1. The Morgan fingerprint density at radius 2 is 1.88 bits per heavy atom. The summed E-state index contributed by atoms with van der Waals surface area (Å²) in [6.45, 7) is 6.67. The number of carbonyl (C=O) groups excluding carboxylic acids is 1. The lowest BCUT2D eigenvalue weighted by atomic mass is 10.1. The van der Waals surface area contributed by atoms with Crippen LogP contribution in [0.5, 0.6) is 0 Å². The number of hydrogen-bond acceptors (Lipinski definition) is 3. The number of nitrogens with one attached hydrogen (secondary N) is 2. The van der Waals surface area contributed by atoms with Gasteiger partial charge in [0.05, 0.1) is 15.7 Å². The topological polar surface area (TPSA) is 63.1 Å². The Morgan fingerprint density at radius 1 is 1.21 bits per heavy atom. The molecule has 1 amide bonds. The van der Waals surface area contributed by atoms with Crippen LogP contribution in [-0.4, -0.2) is 17.1 Å². The maximum Gasteiger partial charge on any atom is 0.283 e. The third-order valence-electron chi connectivity index (χ3n) is 3.84. The van der Waals surface area contributed by atoms with Crippen molar-refractivity contribution in [1.29, 1.82) is 0 Å². The Morgan fingerprint density at radius 3 is 2.50 bits per heavy atom. The maximum absolute atomic E-state index is 12.7. The predicted octanol–water partition coefficient (Wildman–Crippen LogP) is 3.11. The molecule has 0 spiro atoms. The van der Waals surface area contributed by atoms with Crippen LogP contribution in [0.2, 0.25) is 0 Å². The molecule has 2 rings (SSSR count). The fourth-order valence-corrected chi connectivity index (χ4v) is 2.89. The van der Waals surface area contributed by atoms with Crippen molar-refractivity contribution in [2.75, 3.05) is 12.0 Å².